The molecule has 2 unspecified atom stereocenters. The molecule has 2 N–H and O–H groups in total. The molecule has 8 nitrogen and oxygen atoms in total. The van der Waals surface area contributed by atoms with Crippen LogP contribution < -0.4 is 14.8 Å². The Hall–Kier alpha value is -3.00. The molecule has 3 heterocycles. The number of rotatable bonds is 5. The minimum absolute atomic E-state index is 0.0613. The predicted octanol–water partition coefficient (Wildman–Crippen LogP) is 3.10. The van der Waals surface area contributed by atoms with Crippen molar-refractivity contribution in [1.29, 1.82) is 0 Å². The van der Waals surface area contributed by atoms with Gasteiger partial charge < -0.3 is 24.6 Å². The standard InChI is InChI=1S/C21H21F6N3O5/c22-20(23,24)10-33-7-11-3-4-30-17(35-8-11)6-14(29-30)19(32)28-15-9-34-16-2-1-12(21(25,26)27)5-13(16)18(15)31/h1-2,5-6,11,15,18,31H,3-4,7-10H2,(H,28,32)/t11?,15-,18?/m0/s1. The Bertz CT molecular complexity index is 1050. The number of aromatic nitrogens is 2. The summed E-state index contributed by atoms with van der Waals surface area (Å²) in [6.07, 6.45) is -10.1. The molecule has 1 aromatic carbocycles. The first kappa shape index (κ1) is 25.1. The lowest BCUT2D eigenvalue weighted by atomic mass is 9.97. The molecule has 2 aliphatic heterocycles. The summed E-state index contributed by atoms with van der Waals surface area (Å²) < 4.78 is 92.8. The molecule has 0 radical (unpaired) electrons. The fourth-order valence-electron chi connectivity index (χ4n) is 3.79. The summed E-state index contributed by atoms with van der Waals surface area (Å²) in [5.74, 6) is -0.684. The number of benzene rings is 1. The van der Waals surface area contributed by atoms with Crippen molar-refractivity contribution in [2.24, 2.45) is 5.92 Å². The molecular weight excluding hydrogens is 488 g/mol. The van der Waals surface area contributed by atoms with Gasteiger partial charge in [0.05, 0.1) is 24.8 Å². The van der Waals surface area contributed by atoms with Gasteiger partial charge in [0.15, 0.2) is 5.69 Å². The molecular formula is C21H21F6N3O5. The summed E-state index contributed by atoms with van der Waals surface area (Å²) in [4.78, 5) is 12.7. The first-order valence-electron chi connectivity index (χ1n) is 10.6. The van der Waals surface area contributed by atoms with Crippen molar-refractivity contribution in [2.75, 3.05) is 26.4 Å². The maximum Gasteiger partial charge on any atom is 0.416 e. The Morgan fingerprint density at radius 3 is 2.66 bits per heavy atom. The monoisotopic (exact) mass is 509 g/mol. The van der Waals surface area contributed by atoms with Gasteiger partial charge in [-0.3, -0.25) is 4.79 Å². The normalized spacial score (nSPS) is 22.3. The molecule has 0 bridgehead atoms. The van der Waals surface area contributed by atoms with E-state index in [2.05, 4.69) is 15.2 Å². The molecule has 35 heavy (non-hydrogen) atoms. The number of hydrogen-bond acceptors (Lipinski definition) is 6. The van der Waals surface area contributed by atoms with E-state index >= 15 is 0 Å². The highest BCUT2D eigenvalue weighted by atomic mass is 19.4. The fourth-order valence-corrected chi connectivity index (χ4v) is 3.79. The zero-order valence-corrected chi connectivity index (χ0v) is 18.0. The first-order chi connectivity index (χ1) is 16.4. The van der Waals surface area contributed by atoms with Crippen LogP contribution in [0.25, 0.3) is 0 Å². The number of carbonyl (C=O) groups is 1. The van der Waals surface area contributed by atoms with Gasteiger partial charge in [0.1, 0.15) is 25.1 Å². The number of alkyl halides is 6. The van der Waals surface area contributed by atoms with Crippen LogP contribution >= 0.6 is 0 Å². The van der Waals surface area contributed by atoms with E-state index in [0.29, 0.717) is 6.42 Å². The smallest absolute Gasteiger partial charge is 0.416 e. The van der Waals surface area contributed by atoms with Gasteiger partial charge in [-0.1, -0.05) is 0 Å². The van der Waals surface area contributed by atoms with Crippen LogP contribution in [0.2, 0.25) is 0 Å². The molecule has 3 atom stereocenters. The molecule has 0 spiro atoms. The second-order valence-corrected chi connectivity index (χ2v) is 8.27. The molecule has 2 aromatic rings. The van der Waals surface area contributed by atoms with Crippen LogP contribution in [0, 0.1) is 5.92 Å². The molecule has 0 saturated carbocycles. The van der Waals surface area contributed by atoms with Crippen LogP contribution in [0.5, 0.6) is 11.6 Å². The predicted molar refractivity (Wildman–Crippen MR) is 106 cm³/mol. The van der Waals surface area contributed by atoms with Crippen molar-refractivity contribution < 1.29 is 50.5 Å². The number of aryl methyl sites for hydroxylation is 1. The zero-order valence-electron chi connectivity index (χ0n) is 18.0. The molecule has 14 heteroatoms. The van der Waals surface area contributed by atoms with Gasteiger partial charge in [-0.05, 0) is 24.6 Å². The SMILES string of the molecule is O=C(N[C@H]1COc2ccc(C(F)(F)F)cc2C1O)c1cc2n(n1)CCC(COCC(F)(F)F)CO2. The van der Waals surface area contributed by atoms with Crippen LogP contribution in [0.3, 0.4) is 0 Å². The minimum atomic E-state index is -4.61. The Morgan fingerprint density at radius 2 is 1.94 bits per heavy atom. The number of halogens is 6. The highest BCUT2D eigenvalue weighted by Gasteiger charge is 2.36. The van der Waals surface area contributed by atoms with Crippen LogP contribution in [0.1, 0.15) is 34.1 Å². The fraction of sp³-hybridized carbons (Fsp3) is 0.524. The first-order valence-corrected chi connectivity index (χ1v) is 10.6. The quantitative estimate of drug-likeness (QED) is 0.602. The lowest BCUT2D eigenvalue weighted by molar-refractivity contribution is -0.177. The lowest BCUT2D eigenvalue weighted by Crippen LogP contribution is -2.45. The van der Waals surface area contributed by atoms with Gasteiger partial charge in [-0.25, -0.2) is 4.68 Å². The van der Waals surface area contributed by atoms with Gasteiger partial charge in [0.2, 0.25) is 5.88 Å². The summed E-state index contributed by atoms with van der Waals surface area (Å²) in [6.45, 7) is -1.33. The Morgan fingerprint density at radius 1 is 1.17 bits per heavy atom. The van der Waals surface area contributed by atoms with Gasteiger partial charge >= 0.3 is 12.4 Å². The number of fused-ring (bicyclic) bond motifs is 2. The molecule has 1 amide bonds. The number of hydrogen-bond donors (Lipinski definition) is 2. The van der Waals surface area contributed by atoms with Gasteiger partial charge in [-0.2, -0.15) is 31.4 Å². The van der Waals surface area contributed by atoms with Crippen molar-refractivity contribution in [3.8, 4) is 11.6 Å². The molecule has 0 saturated heterocycles. The van der Waals surface area contributed by atoms with Gasteiger partial charge in [-0.15, -0.1) is 0 Å². The van der Waals surface area contributed by atoms with Crippen LogP contribution in [0.4, 0.5) is 26.3 Å². The Labute approximate surface area is 194 Å². The van der Waals surface area contributed by atoms with Crippen LogP contribution in [-0.4, -0.2) is 59.4 Å². The molecule has 192 valence electrons. The molecule has 2 aliphatic rings. The number of nitrogens with one attached hydrogen (secondary N) is 1. The summed E-state index contributed by atoms with van der Waals surface area (Å²) >= 11 is 0. The number of amides is 1. The van der Waals surface area contributed by atoms with E-state index in [1.54, 1.807) is 0 Å². The van der Waals surface area contributed by atoms with Gasteiger partial charge in [0.25, 0.3) is 5.91 Å². The van der Waals surface area contributed by atoms with E-state index in [1.165, 1.54) is 10.7 Å². The van der Waals surface area contributed by atoms with Crippen molar-refractivity contribution in [3.05, 3.63) is 41.1 Å². The minimum Gasteiger partial charge on any atom is -0.491 e. The van der Waals surface area contributed by atoms with E-state index in [0.717, 1.165) is 18.2 Å². The zero-order chi connectivity index (χ0) is 25.4. The third-order valence-electron chi connectivity index (χ3n) is 5.58. The maximum atomic E-state index is 13.0. The number of nitrogens with zero attached hydrogens (tertiary/aromatic N) is 2. The summed E-state index contributed by atoms with van der Waals surface area (Å²) in [5.41, 5.74) is -1.11. The highest BCUT2D eigenvalue weighted by Crippen LogP contribution is 2.38. The van der Waals surface area contributed by atoms with E-state index < -0.39 is 42.6 Å². The highest BCUT2D eigenvalue weighted by molar-refractivity contribution is 5.92. The second-order valence-electron chi connectivity index (χ2n) is 8.27. The molecule has 0 aliphatic carbocycles. The summed E-state index contributed by atoms with van der Waals surface area (Å²) in [5, 5.41) is 17.2. The second kappa shape index (κ2) is 9.57. The van der Waals surface area contributed by atoms with Crippen LogP contribution in [-0.2, 0) is 17.5 Å². The van der Waals surface area contributed by atoms with E-state index in [9.17, 15) is 36.2 Å². The number of aliphatic hydroxyl groups excluding tert-OH is 1. The average Bonchev–Trinajstić information content (AvgIpc) is 3.09. The largest absolute Gasteiger partial charge is 0.491 e. The number of carbonyl (C=O) groups excluding carboxylic acids is 1. The topological polar surface area (TPSA) is 94.8 Å². The molecule has 0 fully saturated rings. The number of ether oxygens (including phenoxy) is 3. The Balaban J connectivity index is 1.36. The molecule has 4 rings (SSSR count). The van der Waals surface area contributed by atoms with E-state index in [4.69, 9.17) is 9.47 Å². The molecule has 1 aromatic heterocycles. The van der Waals surface area contributed by atoms with Crippen molar-refractivity contribution in [2.45, 2.75) is 37.5 Å². The third kappa shape index (κ3) is 5.99. The Kier molecular flexibility index (Phi) is 6.86. The third-order valence-corrected chi connectivity index (χ3v) is 5.58. The number of aliphatic hydroxyl groups is 1. The van der Waals surface area contributed by atoms with Crippen LogP contribution in [0.15, 0.2) is 24.3 Å². The van der Waals surface area contributed by atoms with Crippen molar-refractivity contribution >= 4 is 5.91 Å². The lowest BCUT2D eigenvalue weighted by Gasteiger charge is -2.31. The van der Waals surface area contributed by atoms with Crippen molar-refractivity contribution in [1.82, 2.24) is 15.1 Å². The summed E-state index contributed by atoms with van der Waals surface area (Å²) in [7, 11) is 0. The van der Waals surface area contributed by atoms with Crippen molar-refractivity contribution in [3.63, 3.8) is 0 Å². The average molecular weight is 509 g/mol. The maximum absolute atomic E-state index is 13.0. The van der Waals surface area contributed by atoms with E-state index in [1.807, 2.05) is 0 Å². The van der Waals surface area contributed by atoms with E-state index in [-0.39, 0.29) is 55.2 Å². The van der Waals surface area contributed by atoms with Gasteiger partial charge in [0, 0.05) is 24.1 Å². The summed E-state index contributed by atoms with van der Waals surface area (Å²) in [6, 6.07) is 3.04.